The molecule has 254 valence electrons. The number of aromatic nitrogens is 1. The van der Waals surface area contributed by atoms with Gasteiger partial charge < -0.3 is 19.7 Å². The maximum Gasteiger partial charge on any atom is 0.411 e. The molecule has 4 rings (SSSR count). The number of likely N-dealkylation sites (N-methyl/N-ethyl adjacent to an activating group) is 1. The van der Waals surface area contributed by atoms with E-state index in [-0.39, 0.29) is 36.0 Å². The number of ether oxygens (including phenoxy) is 2. The van der Waals surface area contributed by atoms with Crippen molar-refractivity contribution in [3.8, 4) is 0 Å². The van der Waals surface area contributed by atoms with Gasteiger partial charge in [0.15, 0.2) is 0 Å². The number of amides is 4. The van der Waals surface area contributed by atoms with Gasteiger partial charge >= 0.3 is 16.3 Å². The second kappa shape index (κ2) is 12.0. The van der Waals surface area contributed by atoms with Crippen LogP contribution in [-0.2, 0) is 23.9 Å². The topological polar surface area (TPSA) is 121 Å². The number of nitrogens with one attached hydrogen (secondary N) is 1. The van der Waals surface area contributed by atoms with E-state index in [1.165, 1.54) is 36.5 Å². The van der Waals surface area contributed by atoms with Gasteiger partial charge in [-0.1, -0.05) is 25.5 Å². The molecule has 3 heterocycles. The molecule has 0 spiro atoms. The minimum absolute atomic E-state index is 0.135. The molecule has 0 saturated carbocycles. The molecule has 11 nitrogen and oxygen atoms in total. The van der Waals surface area contributed by atoms with Crippen molar-refractivity contribution in [1.82, 2.24) is 20.1 Å². The fourth-order valence-corrected chi connectivity index (χ4v) is 5.72. The van der Waals surface area contributed by atoms with E-state index in [1.54, 1.807) is 20.8 Å². The summed E-state index contributed by atoms with van der Waals surface area (Å²) in [5, 5.41) is 2.85. The number of nitrogens with zero attached hydrogens (tertiary/aromatic N) is 4. The highest BCUT2D eigenvalue weighted by Crippen LogP contribution is 3.02. The highest BCUT2D eigenvalue weighted by molar-refractivity contribution is 8.45. The van der Waals surface area contributed by atoms with Gasteiger partial charge in [-0.2, -0.15) is 0 Å². The minimum atomic E-state index is -10.1. The number of pyridine rings is 1. The van der Waals surface area contributed by atoms with Gasteiger partial charge in [-0.25, -0.2) is 4.79 Å². The van der Waals surface area contributed by atoms with E-state index in [1.807, 2.05) is 0 Å². The molecule has 17 heteroatoms. The predicted octanol–water partition coefficient (Wildman–Crippen LogP) is 5.19. The van der Waals surface area contributed by atoms with Gasteiger partial charge in [0.2, 0.25) is 11.8 Å². The quantitative estimate of drug-likeness (QED) is 0.401. The summed E-state index contributed by atoms with van der Waals surface area (Å²) in [7, 11) is -8.71. The van der Waals surface area contributed by atoms with Crippen LogP contribution in [0.4, 0.5) is 29.9 Å². The van der Waals surface area contributed by atoms with Crippen LogP contribution >= 0.6 is 10.2 Å². The van der Waals surface area contributed by atoms with Crippen molar-refractivity contribution in [3.63, 3.8) is 0 Å². The first-order valence-electron chi connectivity index (χ1n) is 14.3. The smallest absolute Gasteiger partial charge is 0.411 e. The van der Waals surface area contributed by atoms with E-state index in [0.29, 0.717) is 38.2 Å². The first kappa shape index (κ1) is 34.9. The van der Waals surface area contributed by atoms with E-state index in [0.717, 1.165) is 9.80 Å². The Morgan fingerprint density at radius 3 is 2.24 bits per heavy atom. The molecule has 46 heavy (non-hydrogen) atoms. The third kappa shape index (κ3) is 8.43. The molecule has 2 unspecified atom stereocenters. The van der Waals surface area contributed by atoms with Crippen LogP contribution in [0, 0.1) is 0 Å². The molecule has 1 aromatic heterocycles. The molecule has 4 amide bonds. The van der Waals surface area contributed by atoms with E-state index in [4.69, 9.17) is 9.47 Å². The molecule has 1 aromatic carbocycles. The second-order valence-corrected chi connectivity index (χ2v) is 14.6. The average Bonchev–Trinajstić information content (AvgIpc) is 2.95. The number of benzene rings is 1. The first-order chi connectivity index (χ1) is 21.1. The van der Waals surface area contributed by atoms with Crippen LogP contribution in [0.3, 0.4) is 0 Å². The van der Waals surface area contributed by atoms with Crippen molar-refractivity contribution in [1.29, 1.82) is 0 Å². The van der Waals surface area contributed by atoms with Crippen LogP contribution in [0.5, 0.6) is 0 Å². The SMILES string of the molecule is CN1CC(C(=O)N(c2ccc(S(F)(F)(F)(F)F)cc2)C(C(=O)NC2CCOCC2)c2cccnc2)N(C(=O)OC(C)(C)C)CC1=O. The Labute approximate surface area is 262 Å². The zero-order valence-electron chi connectivity index (χ0n) is 25.6. The summed E-state index contributed by atoms with van der Waals surface area (Å²) in [4.78, 5) is 59.3. The lowest BCUT2D eigenvalue weighted by Gasteiger charge is -2.43. The zero-order valence-corrected chi connectivity index (χ0v) is 26.4. The summed E-state index contributed by atoms with van der Waals surface area (Å²) in [5.74, 6) is -2.25. The molecular weight excluding hydrogens is 641 g/mol. The Morgan fingerprint density at radius 2 is 1.70 bits per heavy atom. The van der Waals surface area contributed by atoms with Gasteiger partial charge in [0, 0.05) is 49.9 Å². The van der Waals surface area contributed by atoms with Crippen LogP contribution in [0.1, 0.15) is 45.2 Å². The van der Waals surface area contributed by atoms with Crippen molar-refractivity contribution >= 4 is 39.7 Å². The van der Waals surface area contributed by atoms with Gasteiger partial charge in [-0.15, -0.1) is 0 Å². The van der Waals surface area contributed by atoms with Crippen LogP contribution in [0.15, 0.2) is 53.7 Å². The van der Waals surface area contributed by atoms with Crippen LogP contribution in [0.2, 0.25) is 0 Å². The molecule has 2 saturated heterocycles. The normalized spacial score (nSPS) is 20.3. The van der Waals surface area contributed by atoms with Crippen LogP contribution in [-0.4, -0.2) is 89.6 Å². The largest absolute Gasteiger partial charge is 0.444 e. The lowest BCUT2D eigenvalue weighted by Crippen LogP contribution is -2.63. The Morgan fingerprint density at radius 1 is 1.07 bits per heavy atom. The summed E-state index contributed by atoms with van der Waals surface area (Å²) in [6.07, 6.45) is 2.55. The number of rotatable bonds is 7. The molecule has 2 fully saturated rings. The van der Waals surface area contributed by atoms with Gasteiger partial charge in [0.1, 0.15) is 29.1 Å². The number of carbonyl (C=O) groups is 4. The molecular formula is C29H36F5N5O6S. The Bertz CT molecular complexity index is 1470. The number of anilines is 1. The Hall–Kier alpha value is -3.99. The lowest BCUT2D eigenvalue weighted by atomic mass is 10.0. The van der Waals surface area contributed by atoms with Crippen LogP contribution in [0.25, 0.3) is 0 Å². The fourth-order valence-electron chi connectivity index (χ4n) is 5.07. The summed E-state index contributed by atoms with van der Waals surface area (Å²) in [6.45, 7) is 4.49. The van der Waals surface area contributed by atoms with Crippen molar-refractivity contribution in [2.24, 2.45) is 0 Å². The number of hydrogen-bond donors (Lipinski definition) is 1. The molecule has 0 aliphatic carbocycles. The van der Waals surface area contributed by atoms with Gasteiger partial charge in [-0.05, 0) is 63.9 Å². The highest BCUT2D eigenvalue weighted by atomic mass is 32.5. The zero-order chi connectivity index (χ0) is 34.1. The standard InChI is InChI=1S/C29H36F5N5O6S/c1-29(2,3)45-28(43)38-18-24(40)37(4)17-23(38)27(42)39(21-7-9-22(10-8-21)46(30,31,32,33)34)25(19-6-5-13-35-16-19)26(41)36-20-11-14-44-15-12-20/h5-10,13,16,20,23,25H,11-12,14-15,17-18H2,1-4H3,(H,36,41). The second-order valence-electron chi connectivity index (χ2n) is 12.2. The molecule has 1 N–H and O–H groups in total. The molecule has 0 bridgehead atoms. The van der Waals surface area contributed by atoms with Gasteiger partial charge in [-0.3, -0.25) is 29.2 Å². The van der Waals surface area contributed by atoms with E-state index in [2.05, 4.69) is 10.3 Å². The van der Waals surface area contributed by atoms with Gasteiger partial charge in [0.25, 0.3) is 5.91 Å². The summed E-state index contributed by atoms with van der Waals surface area (Å²) >= 11 is 0. The monoisotopic (exact) mass is 677 g/mol. The maximum atomic E-state index is 14.6. The predicted molar refractivity (Wildman–Crippen MR) is 159 cm³/mol. The minimum Gasteiger partial charge on any atom is -0.444 e. The Balaban J connectivity index is 1.86. The van der Waals surface area contributed by atoms with Crippen molar-refractivity contribution in [2.75, 3.05) is 38.3 Å². The summed E-state index contributed by atoms with van der Waals surface area (Å²) in [5.41, 5.74) is -1.24. The maximum absolute atomic E-state index is 14.6. The summed E-state index contributed by atoms with van der Waals surface area (Å²) < 4.78 is 79.0. The van der Waals surface area contributed by atoms with E-state index in [9.17, 15) is 38.6 Å². The van der Waals surface area contributed by atoms with E-state index < -0.39 is 63.2 Å². The molecule has 0 radical (unpaired) electrons. The molecule has 2 aromatic rings. The van der Waals surface area contributed by atoms with Crippen molar-refractivity contribution in [3.05, 3.63) is 54.4 Å². The molecule has 2 atom stereocenters. The number of carbonyl (C=O) groups excluding carboxylic acids is 4. The fraction of sp³-hybridized carbons (Fsp3) is 0.483. The molecule has 2 aliphatic rings. The highest BCUT2D eigenvalue weighted by Gasteiger charge is 2.65. The third-order valence-corrected chi connectivity index (χ3v) is 8.50. The number of piperazine rings is 1. The van der Waals surface area contributed by atoms with Crippen molar-refractivity contribution in [2.45, 2.75) is 62.2 Å². The number of hydrogen-bond acceptors (Lipinski definition) is 7. The van der Waals surface area contributed by atoms with Crippen molar-refractivity contribution < 1.29 is 48.1 Å². The van der Waals surface area contributed by atoms with E-state index >= 15 is 0 Å². The van der Waals surface area contributed by atoms with Gasteiger partial charge in [0.05, 0.1) is 6.54 Å². The average molecular weight is 678 g/mol. The van der Waals surface area contributed by atoms with Crippen LogP contribution < -0.4 is 10.2 Å². The third-order valence-electron chi connectivity index (χ3n) is 7.34. The molecule has 2 aliphatic heterocycles. The first-order valence-corrected chi connectivity index (χ1v) is 16.3. The lowest BCUT2D eigenvalue weighted by molar-refractivity contribution is -0.141. The summed E-state index contributed by atoms with van der Waals surface area (Å²) in [6, 6.07) is 1.09. The Kier molecular flexibility index (Phi) is 9.09. The number of halogens is 5.